The first-order valence-corrected chi connectivity index (χ1v) is 25.6. The molecule has 1 saturated heterocycles. The zero-order valence-electron chi connectivity index (χ0n) is 36.0. The van der Waals surface area contributed by atoms with Gasteiger partial charge in [-0.25, -0.2) is 0 Å². The second-order valence-electron chi connectivity index (χ2n) is 16.7. The Morgan fingerprint density at radius 3 is 1.48 bits per heavy atom. The summed E-state index contributed by atoms with van der Waals surface area (Å²) in [6.07, 6.45) is -1.17. The Kier molecular flexibility index (Phi) is 15.5. The van der Waals surface area contributed by atoms with E-state index in [-0.39, 0.29) is 11.4 Å². The van der Waals surface area contributed by atoms with Gasteiger partial charge in [0.05, 0.1) is 0 Å². The summed E-state index contributed by atoms with van der Waals surface area (Å²) in [5, 5.41) is 0. The molecule has 0 spiro atoms. The molecule has 332 valence electrons. The summed E-state index contributed by atoms with van der Waals surface area (Å²) in [6, 6.07) is 17.9. The first-order valence-electron chi connectivity index (χ1n) is 20.1. The first kappa shape index (κ1) is 48.2. The Balaban J connectivity index is 0.000000232. The van der Waals surface area contributed by atoms with Gasteiger partial charge in [0.25, 0.3) is 0 Å². The van der Waals surface area contributed by atoms with Crippen LogP contribution in [0.25, 0.3) is 0 Å². The van der Waals surface area contributed by atoms with Crippen LogP contribution in [0.2, 0.25) is 0 Å². The summed E-state index contributed by atoms with van der Waals surface area (Å²) < 4.78 is 73.4. The van der Waals surface area contributed by atoms with Crippen molar-refractivity contribution >= 4 is 52.9 Å². The van der Waals surface area contributed by atoms with Crippen LogP contribution in [0.1, 0.15) is 131 Å². The molecule has 0 aromatic heterocycles. The van der Waals surface area contributed by atoms with Crippen molar-refractivity contribution in [2.45, 2.75) is 99.0 Å². The predicted octanol–water partition coefficient (Wildman–Crippen LogP) is 13.4. The van der Waals surface area contributed by atoms with Crippen molar-refractivity contribution in [1.82, 2.24) is 0 Å². The Hall–Kier alpha value is -3.86. The second kappa shape index (κ2) is 19.7. The van der Waals surface area contributed by atoms with Crippen LogP contribution >= 0.6 is 19.4 Å². The van der Waals surface area contributed by atoms with Crippen LogP contribution < -0.4 is 14.7 Å². The van der Waals surface area contributed by atoms with Gasteiger partial charge in [-0.1, -0.05) is 91.8 Å². The van der Waals surface area contributed by atoms with E-state index in [0.29, 0.717) is 34.1 Å². The van der Waals surface area contributed by atoms with Gasteiger partial charge in [0.1, 0.15) is 0 Å². The number of hydrogen-bond donors (Lipinski definition) is 0. The van der Waals surface area contributed by atoms with Gasteiger partial charge in [0.15, 0.2) is 0 Å². The molecule has 0 aliphatic carbocycles. The van der Waals surface area contributed by atoms with Crippen LogP contribution in [-0.4, -0.2) is 35.6 Å². The Labute approximate surface area is 369 Å². The third-order valence-corrected chi connectivity index (χ3v) is 12.7. The molecule has 2 amide bonds. The summed E-state index contributed by atoms with van der Waals surface area (Å²) >= 11 is -2.42. The number of benzene rings is 4. The maximum atomic E-state index is 14.4. The molecule has 2 heterocycles. The van der Waals surface area contributed by atoms with Gasteiger partial charge in [-0.05, 0) is 45.9 Å². The summed E-state index contributed by atoms with van der Waals surface area (Å²) in [5.74, 6) is -12.7. The third-order valence-electron chi connectivity index (χ3n) is 10.8. The van der Waals surface area contributed by atoms with Crippen LogP contribution in [0.4, 0.5) is 39.0 Å². The Morgan fingerprint density at radius 1 is 0.705 bits per heavy atom. The first-order chi connectivity index (χ1) is 28.6. The number of nitrogens with zero attached hydrogens (tertiary/aromatic N) is 3. The van der Waals surface area contributed by atoms with Crippen LogP contribution in [-0.2, 0) is 22.7 Å². The molecular weight excluding hydrogens is 922 g/mol. The standard InChI is InChI=1S/C27H39N2.C20H14F5NO3.2ClH.Ru/c1-18(2)22-11-9-12-23(19(3)4)26(22)28-15-16-29(17-28)27-24(20(5)6)13-10-14-25(27)21(7)8;1-8(2)17-20(28)26(10-7-5-6-9(3)18(10)29(17)4)19(27)11-12(21)14(23)16(25)15(24)13(11)22;;;/h9-14,17-21H,15-16H2,1-8H3;3,5-8,17H,4H2,1-2H3;2*1H;/q-1;;;;+2/p-2. The van der Waals surface area contributed by atoms with Gasteiger partial charge in [0.2, 0.25) is 0 Å². The Morgan fingerprint density at radius 2 is 1.10 bits per heavy atom. The normalized spacial score (nSPS) is 15.7. The van der Waals surface area contributed by atoms with E-state index in [0.717, 1.165) is 13.1 Å². The summed E-state index contributed by atoms with van der Waals surface area (Å²) in [4.78, 5) is 31.7. The van der Waals surface area contributed by atoms with E-state index >= 15 is 0 Å². The zero-order chi connectivity index (χ0) is 45.4. The summed E-state index contributed by atoms with van der Waals surface area (Å²) in [6.45, 7) is 26.1. The molecule has 0 bridgehead atoms. The van der Waals surface area contributed by atoms with E-state index in [2.05, 4.69) is 120 Å². The average Bonchev–Trinajstić information content (AvgIpc) is 3.68. The number of imide groups is 1. The quantitative estimate of drug-likeness (QED) is 0.0319. The van der Waals surface area contributed by atoms with Gasteiger partial charge < -0.3 is 9.80 Å². The van der Waals surface area contributed by atoms with Crippen LogP contribution in [0.3, 0.4) is 0 Å². The molecule has 2 aliphatic rings. The van der Waals surface area contributed by atoms with Crippen molar-refractivity contribution in [1.29, 1.82) is 0 Å². The molecule has 1 atom stereocenters. The van der Waals surface area contributed by atoms with E-state index in [1.807, 2.05) is 0 Å². The van der Waals surface area contributed by atoms with Crippen molar-refractivity contribution in [3.63, 3.8) is 0 Å². The molecule has 0 N–H and O–H groups in total. The molecule has 0 saturated carbocycles. The number of rotatable bonds is 9. The van der Waals surface area contributed by atoms with Crippen molar-refractivity contribution < 1.29 is 49.4 Å². The maximum absolute atomic E-state index is 14.4. The average molecular weight is 975 g/mol. The number of amides is 2. The van der Waals surface area contributed by atoms with Crippen LogP contribution in [0.5, 0.6) is 5.75 Å². The minimum absolute atomic E-state index is 0.114. The number of hydrogen-bond acceptors (Lipinski definition) is 4. The van der Waals surface area contributed by atoms with E-state index in [1.54, 1.807) is 19.9 Å². The van der Waals surface area contributed by atoms with Gasteiger partial charge >= 0.3 is 193 Å². The van der Waals surface area contributed by atoms with Crippen molar-refractivity contribution in [3.8, 4) is 5.75 Å². The van der Waals surface area contributed by atoms with E-state index in [4.69, 9.17) is 19.4 Å². The van der Waals surface area contributed by atoms with Crippen LogP contribution in [0, 0.1) is 48.8 Å². The van der Waals surface area contributed by atoms with Gasteiger partial charge in [0, 0.05) is 24.5 Å². The molecular formula is C47H53Cl2F5N3O3Ru-. The number of halogens is 7. The van der Waals surface area contributed by atoms with Crippen molar-refractivity contribution in [2.75, 3.05) is 27.8 Å². The van der Waals surface area contributed by atoms with Crippen molar-refractivity contribution in [2.24, 2.45) is 5.92 Å². The molecule has 1 fully saturated rings. The number of para-hydroxylation sites is 3. The fourth-order valence-electron chi connectivity index (χ4n) is 7.91. The zero-order valence-corrected chi connectivity index (χ0v) is 39.3. The van der Waals surface area contributed by atoms with Gasteiger partial charge in [-0.3, -0.25) is 0 Å². The SMILES string of the molecule is CC(C)c1cccc(C(C)C)c1N1[CH-]N(c2c(C(C)C)cccc2C(C)C)CC1.[CH2-][O+]1c2c([CH]=[Ru]([Cl])[Cl])cccc2N(C(=O)c2c(F)c(F)c(F)c(F)c2F)C(=O)C1C(C)C. The molecule has 4 aromatic carbocycles. The molecule has 2 aliphatic heterocycles. The number of anilines is 3. The van der Waals surface area contributed by atoms with Gasteiger partial charge in [-0.2, -0.15) is 6.67 Å². The summed E-state index contributed by atoms with van der Waals surface area (Å²) in [5.41, 5.74) is 7.08. The topological polar surface area (TPSA) is 46.6 Å². The molecule has 6 rings (SSSR count). The monoisotopic (exact) mass is 974 g/mol. The van der Waals surface area contributed by atoms with E-state index in [9.17, 15) is 31.5 Å². The number of fused-ring (bicyclic) bond motifs is 1. The van der Waals surface area contributed by atoms with E-state index < -0.39 is 72.0 Å². The minimum atomic E-state index is -2.42. The fourth-order valence-corrected chi connectivity index (χ4v) is 9.70. The van der Waals surface area contributed by atoms with Gasteiger partial charge in [-0.15, -0.1) is 0 Å². The Bertz CT molecular complexity index is 2180. The fraction of sp³-hybridized carbons (Fsp3) is 0.383. The number of carbonyl (C=O) groups is 2. The van der Waals surface area contributed by atoms with E-state index in [1.165, 1.54) is 50.4 Å². The molecule has 4 aromatic rings. The molecule has 0 radical (unpaired) electrons. The van der Waals surface area contributed by atoms with Crippen LogP contribution in [0.15, 0.2) is 54.6 Å². The number of carbonyl (C=O) groups excluding carboxylic acids is 2. The molecule has 1 unspecified atom stereocenters. The molecule has 6 nitrogen and oxygen atoms in total. The molecule has 14 heteroatoms. The molecule has 61 heavy (non-hydrogen) atoms. The third kappa shape index (κ3) is 9.57. The van der Waals surface area contributed by atoms with Crippen molar-refractivity contribution in [3.05, 3.63) is 131 Å². The summed E-state index contributed by atoms with van der Waals surface area (Å²) in [7, 11) is 15.7. The second-order valence-corrected chi connectivity index (χ2v) is 22.4. The predicted molar refractivity (Wildman–Crippen MR) is 234 cm³/mol.